The van der Waals surface area contributed by atoms with Crippen molar-refractivity contribution < 1.29 is 13.2 Å². The summed E-state index contributed by atoms with van der Waals surface area (Å²) in [7, 11) is 0. The van der Waals surface area contributed by atoms with Crippen molar-refractivity contribution in [3.05, 3.63) is 47.5 Å². The fourth-order valence-corrected chi connectivity index (χ4v) is 3.18. The second-order valence-electron chi connectivity index (χ2n) is 5.71. The Labute approximate surface area is 122 Å². The van der Waals surface area contributed by atoms with Crippen molar-refractivity contribution in [1.29, 1.82) is 0 Å². The van der Waals surface area contributed by atoms with Crippen LogP contribution in [0.15, 0.2) is 36.4 Å². The van der Waals surface area contributed by atoms with E-state index >= 15 is 0 Å². The minimum absolute atomic E-state index is 0.316. The third kappa shape index (κ3) is 3.05. The van der Waals surface area contributed by atoms with Crippen LogP contribution in [0.25, 0.3) is 10.8 Å². The Hall–Kier alpha value is -1.55. The Bertz CT molecular complexity index is 627. The first-order valence-corrected chi connectivity index (χ1v) is 7.34. The zero-order valence-electron chi connectivity index (χ0n) is 11.7. The highest BCUT2D eigenvalue weighted by atomic mass is 19.4. The summed E-state index contributed by atoms with van der Waals surface area (Å²) >= 11 is 0. The molecule has 3 rings (SSSR count). The lowest BCUT2D eigenvalue weighted by Crippen LogP contribution is -2.28. The molecule has 1 aliphatic rings. The van der Waals surface area contributed by atoms with Gasteiger partial charge in [0.05, 0.1) is 5.56 Å². The van der Waals surface area contributed by atoms with E-state index < -0.39 is 11.7 Å². The Balaban J connectivity index is 2.00. The molecule has 1 saturated heterocycles. The number of hydrogen-bond acceptors (Lipinski definition) is 1. The van der Waals surface area contributed by atoms with Crippen LogP contribution in [0.3, 0.4) is 0 Å². The lowest BCUT2D eigenvalue weighted by Gasteiger charge is -2.23. The van der Waals surface area contributed by atoms with E-state index in [0.29, 0.717) is 11.3 Å². The van der Waals surface area contributed by atoms with E-state index in [1.165, 1.54) is 6.07 Å². The van der Waals surface area contributed by atoms with Gasteiger partial charge in [-0.15, -0.1) is 0 Å². The molecule has 0 atom stereocenters. The van der Waals surface area contributed by atoms with E-state index in [1.54, 1.807) is 24.3 Å². The lowest BCUT2D eigenvalue weighted by atomic mass is 9.88. The normalized spacial score (nSPS) is 17.3. The zero-order chi connectivity index (χ0) is 14.9. The molecule has 2 aromatic carbocycles. The van der Waals surface area contributed by atoms with Crippen LogP contribution in [-0.2, 0) is 12.6 Å². The molecule has 1 aliphatic heterocycles. The van der Waals surface area contributed by atoms with E-state index in [1.807, 2.05) is 6.07 Å². The van der Waals surface area contributed by atoms with Crippen LogP contribution in [-0.4, -0.2) is 13.1 Å². The summed E-state index contributed by atoms with van der Waals surface area (Å²) < 4.78 is 39.3. The summed E-state index contributed by atoms with van der Waals surface area (Å²) in [5, 5.41) is 4.38. The molecule has 0 spiro atoms. The van der Waals surface area contributed by atoms with Gasteiger partial charge in [-0.3, -0.25) is 0 Å². The van der Waals surface area contributed by atoms with Crippen LogP contribution in [0.4, 0.5) is 13.2 Å². The number of benzene rings is 2. The minimum Gasteiger partial charge on any atom is -0.317 e. The lowest BCUT2D eigenvalue weighted by molar-refractivity contribution is -0.136. The molecule has 0 aliphatic carbocycles. The van der Waals surface area contributed by atoms with Crippen LogP contribution in [0.1, 0.15) is 24.0 Å². The van der Waals surface area contributed by atoms with Gasteiger partial charge in [0.2, 0.25) is 0 Å². The van der Waals surface area contributed by atoms with Crippen LogP contribution >= 0.6 is 0 Å². The third-order valence-corrected chi connectivity index (χ3v) is 4.29. The molecule has 0 amide bonds. The van der Waals surface area contributed by atoms with E-state index in [9.17, 15) is 13.2 Å². The van der Waals surface area contributed by atoms with Gasteiger partial charge in [-0.05, 0) is 60.7 Å². The van der Waals surface area contributed by atoms with E-state index in [2.05, 4.69) is 5.32 Å². The number of halogens is 3. The molecule has 0 bridgehead atoms. The summed E-state index contributed by atoms with van der Waals surface area (Å²) in [5.74, 6) is 0.561. The molecule has 2 aromatic rings. The van der Waals surface area contributed by atoms with Crippen molar-refractivity contribution in [1.82, 2.24) is 5.32 Å². The maximum Gasteiger partial charge on any atom is 0.417 e. The van der Waals surface area contributed by atoms with Crippen molar-refractivity contribution in [2.24, 2.45) is 5.92 Å². The fraction of sp³-hybridized carbons (Fsp3) is 0.412. The molecule has 1 nitrogen and oxygen atoms in total. The van der Waals surface area contributed by atoms with Crippen LogP contribution in [0, 0.1) is 5.92 Å². The van der Waals surface area contributed by atoms with Crippen LogP contribution < -0.4 is 5.32 Å². The number of piperidine rings is 1. The molecule has 112 valence electrons. The molecule has 0 radical (unpaired) electrons. The Kier molecular flexibility index (Phi) is 3.89. The van der Waals surface area contributed by atoms with Crippen molar-refractivity contribution >= 4 is 10.8 Å². The summed E-state index contributed by atoms with van der Waals surface area (Å²) in [4.78, 5) is 0. The van der Waals surface area contributed by atoms with Crippen molar-refractivity contribution in [3.63, 3.8) is 0 Å². The quantitative estimate of drug-likeness (QED) is 0.865. The van der Waals surface area contributed by atoms with Gasteiger partial charge in [0.15, 0.2) is 0 Å². The smallest absolute Gasteiger partial charge is 0.317 e. The van der Waals surface area contributed by atoms with Gasteiger partial charge < -0.3 is 5.32 Å². The predicted octanol–water partition coefficient (Wildman–Crippen LogP) is 4.40. The number of hydrogen-bond donors (Lipinski definition) is 1. The molecule has 0 aromatic heterocycles. The standard InChI is InChI=1S/C17H18F3N/c18-17(19,20)16-6-5-13(11-12-7-9-21-10-8-12)14-3-1-2-4-15(14)16/h1-6,12,21H,7-11H2. The molecule has 4 heteroatoms. The van der Waals surface area contributed by atoms with E-state index in [4.69, 9.17) is 0 Å². The molecule has 1 fully saturated rings. The molecule has 21 heavy (non-hydrogen) atoms. The Morgan fingerprint density at radius 1 is 0.952 bits per heavy atom. The molecule has 0 unspecified atom stereocenters. The number of nitrogens with one attached hydrogen (secondary N) is 1. The van der Waals surface area contributed by atoms with Crippen molar-refractivity contribution in [2.45, 2.75) is 25.4 Å². The number of alkyl halides is 3. The first kappa shape index (κ1) is 14.4. The van der Waals surface area contributed by atoms with Gasteiger partial charge in [0, 0.05) is 0 Å². The van der Waals surface area contributed by atoms with Gasteiger partial charge in [-0.1, -0.05) is 30.3 Å². The summed E-state index contributed by atoms with van der Waals surface area (Å²) in [6.07, 6.45) is -1.25. The maximum atomic E-state index is 13.1. The van der Waals surface area contributed by atoms with E-state index in [-0.39, 0.29) is 0 Å². The first-order valence-electron chi connectivity index (χ1n) is 7.34. The van der Waals surface area contributed by atoms with Crippen molar-refractivity contribution in [3.8, 4) is 0 Å². The maximum absolute atomic E-state index is 13.1. The highest BCUT2D eigenvalue weighted by molar-refractivity contribution is 5.89. The number of fused-ring (bicyclic) bond motifs is 1. The van der Waals surface area contributed by atoms with Crippen LogP contribution in [0.2, 0.25) is 0 Å². The Morgan fingerprint density at radius 3 is 2.29 bits per heavy atom. The topological polar surface area (TPSA) is 12.0 Å². The molecule has 1 N–H and O–H groups in total. The van der Waals surface area contributed by atoms with Gasteiger partial charge in [-0.25, -0.2) is 0 Å². The largest absolute Gasteiger partial charge is 0.417 e. The second-order valence-corrected chi connectivity index (χ2v) is 5.71. The fourth-order valence-electron chi connectivity index (χ4n) is 3.18. The first-order chi connectivity index (χ1) is 10.1. The summed E-state index contributed by atoms with van der Waals surface area (Å²) in [6.45, 7) is 2.01. The van der Waals surface area contributed by atoms with Gasteiger partial charge in [0.25, 0.3) is 0 Å². The van der Waals surface area contributed by atoms with Gasteiger partial charge in [0.1, 0.15) is 0 Å². The van der Waals surface area contributed by atoms with E-state index in [0.717, 1.165) is 43.3 Å². The van der Waals surface area contributed by atoms with Crippen LogP contribution in [0.5, 0.6) is 0 Å². The third-order valence-electron chi connectivity index (χ3n) is 4.29. The Morgan fingerprint density at radius 2 is 1.62 bits per heavy atom. The average Bonchev–Trinajstić information content (AvgIpc) is 2.47. The highest BCUT2D eigenvalue weighted by Gasteiger charge is 2.32. The van der Waals surface area contributed by atoms with Gasteiger partial charge >= 0.3 is 6.18 Å². The molecule has 0 saturated carbocycles. The number of rotatable bonds is 2. The summed E-state index contributed by atoms with van der Waals surface area (Å²) in [6, 6.07) is 9.76. The monoisotopic (exact) mass is 293 g/mol. The predicted molar refractivity (Wildman–Crippen MR) is 78.2 cm³/mol. The van der Waals surface area contributed by atoms with Crippen molar-refractivity contribution in [2.75, 3.05) is 13.1 Å². The molecular formula is C17H18F3N. The highest BCUT2D eigenvalue weighted by Crippen LogP contribution is 2.36. The second kappa shape index (κ2) is 5.68. The minimum atomic E-state index is -4.30. The molecule has 1 heterocycles. The zero-order valence-corrected chi connectivity index (χ0v) is 11.7. The van der Waals surface area contributed by atoms with Gasteiger partial charge in [-0.2, -0.15) is 13.2 Å². The molecular weight excluding hydrogens is 275 g/mol. The SMILES string of the molecule is FC(F)(F)c1ccc(CC2CCNCC2)c2ccccc12. The average molecular weight is 293 g/mol. The summed E-state index contributed by atoms with van der Waals surface area (Å²) in [5.41, 5.74) is 0.498.